The number of benzene rings is 1. The summed E-state index contributed by atoms with van der Waals surface area (Å²) in [6, 6.07) is 4.59. The third kappa shape index (κ3) is 4.89. The van der Waals surface area contributed by atoms with E-state index in [-0.39, 0.29) is 24.8 Å². The molecule has 21 heavy (non-hydrogen) atoms. The second kappa shape index (κ2) is 9.31. The monoisotopic (exact) mass is 332 g/mol. The van der Waals surface area contributed by atoms with E-state index in [9.17, 15) is 5.11 Å². The van der Waals surface area contributed by atoms with Crippen LogP contribution in [0.1, 0.15) is 29.2 Å². The highest BCUT2D eigenvalue weighted by Gasteiger charge is 2.22. The zero-order chi connectivity index (χ0) is 13.8. The summed E-state index contributed by atoms with van der Waals surface area (Å²) in [6.07, 6.45) is 2.94. The van der Waals surface area contributed by atoms with E-state index >= 15 is 0 Å². The third-order valence-electron chi connectivity index (χ3n) is 3.88. The maximum atomic E-state index is 9.91. The van der Waals surface area contributed by atoms with Gasteiger partial charge in [-0.1, -0.05) is 18.2 Å². The van der Waals surface area contributed by atoms with E-state index in [0.29, 0.717) is 11.8 Å². The van der Waals surface area contributed by atoms with Crippen molar-refractivity contribution in [2.75, 3.05) is 26.2 Å². The SMILES string of the molecule is C=CC[C@H](c1cc(C)c(O)c(C)c1)N1CCNCC1.Cl.Cl. The van der Waals surface area contributed by atoms with Gasteiger partial charge in [-0.25, -0.2) is 0 Å². The lowest BCUT2D eigenvalue weighted by Gasteiger charge is -2.35. The molecule has 1 atom stereocenters. The van der Waals surface area contributed by atoms with Crippen molar-refractivity contribution < 1.29 is 5.11 Å². The van der Waals surface area contributed by atoms with E-state index in [1.165, 1.54) is 5.56 Å². The van der Waals surface area contributed by atoms with E-state index in [4.69, 9.17) is 0 Å². The Balaban J connectivity index is 0.00000200. The zero-order valence-corrected chi connectivity index (χ0v) is 14.4. The first kappa shape index (κ1) is 20.3. The lowest BCUT2D eigenvalue weighted by Crippen LogP contribution is -2.45. The number of aromatic hydroxyl groups is 1. The van der Waals surface area contributed by atoms with Crippen LogP contribution in [0.4, 0.5) is 0 Å². The first-order chi connectivity index (χ1) is 9.13. The maximum absolute atomic E-state index is 9.91. The van der Waals surface area contributed by atoms with E-state index in [0.717, 1.165) is 43.7 Å². The second-order valence-corrected chi connectivity index (χ2v) is 5.33. The zero-order valence-electron chi connectivity index (χ0n) is 12.8. The molecule has 5 heteroatoms. The van der Waals surface area contributed by atoms with Crippen molar-refractivity contribution in [1.82, 2.24) is 10.2 Å². The Kier molecular flexibility index (Phi) is 8.98. The Morgan fingerprint density at radius 3 is 2.24 bits per heavy atom. The first-order valence-corrected chi connectivity index (χ1v) is 6.99. The number of nitrogens with one attached hydrogen (secondary N) is 1. The van der Waals surface area contributed by atoms with Crippen LogP contribution in [0.2, 0.25) is 0 Å². The summed E-state index contributed by atoms with van der Waals surface area (Å²) < 4.78 is 0. The minimum Gasteiger partial charge on any atom is -0.507 e. The van der Waals surface area contributed by atoms with Gasteiger partial charge in [0, 0.05) is 32.2 Å². The van der Waals surface area contributed by atoms with Crippen molar-refractivity contribution in [3.63, 3.8) is 0 Å². The molecule has 0 radical (unpaired) electrons. The van der Waals surface area contributed by atoms with Crippen LogP contribution in [-0.4, -0.2) is 36.2 Å². The van der Waals surface area contributed by atoms with E-state index in [1.807, 2.05) is 19.9 Å². The van der Waals surface area contributed by atoms with Crippen LogP contribution in [0.3, 0.4) is 0 Å². The first-order valence-electron chi connectivity index (χ1n) is 6.99. The van der Waals surface area contributed by atoms with Crippen molar-refractivity contribution in [1.29, 1.82) is 0 Å². The molecular formula is C16H26Cl2N2O. The Bertz CT molecular complexity index is 437. The summed E-state index contributed by atoms with van der Waals surface area (Å²) in [5.74, 6) is 0.418. The molecule has 1 saturated heterocycles. The van der Waals surface area contributed by atoms with Crippen LogP contribution in [0.15, 0.2) is 24.8 Å². The average Bonchev–Trinajstić information content (AvgIpc) is 2.42. The fraction of sp³-hybridized carbons (Fsp3) is 0.500. The molecule has 0 unspecified atom stereocenters. The number of aryl methyl sites for hydroxylation is 2. The number of nitrogens with zero attached hydrogens (tertiary/aromatic N) is 1. The maximum Gasteiger partial charge on any atom is 0.121 e. The minimum absolute atomic E-state index is 0. The Morgan fingerprint density at radius 1 is 1.24 bits per heavy atom. The molecule has 0 bridgehead atoms. The van der Waals surface area contributed by atoms with Crippen molar-refractivity contribution >= 4 is 24.8 Å². The van der Waals surface area contributed by atoms with Gasteiger partial charge in [0.1, 0.15) is 5.75 Å². The molecule has 1 heterocycles. The number of phenolic OH excluding ortho intramolecular Hbond substituents is 1. The van der Waals surface area contributed by atoms with Crippen LogP contribution >= 0.6 is 24.8 Å². The number of piperazine rings is 1. The van der Waals surface area contributed by atoms with Crippen molar-refractivity contribution in [2.24, 2.45) is 0 Å². The molecular weight excluding hydrogens is 307 g/mol. The highest BCUT2D eigenvalue weighted by Crippen LogP contribution is 2.31. The highest BCUT2D eigenvalue weighted by molar-refractivity contribution is 5.85. The predicted octanol–water partition coefficient (Wildman–Crippen LogP) is 3.38. The molecule has 2 rings (SSSR count). The van der Waals surface area contributed by atoms with Crippen molar-refractivity contribution in [3.8, 4) is 5.75 Å². The quantitative estimate of drug-likeness (QED) is 0.830. The van der Waals surface area contributed by atoms with Crippen LogP contribution in [0.25, 0.3) is 0 Å². The van der Waals surface area contributed by atoms with Crippen LogP contribution < -0.4 is 5.32 Å². The summed E-state index contributed by atoms with van der Waals surface area (Å²) in [5, 5.41) is 13.3. The largest absolute Gasteiger partial charge is 0.507 e. The molecule has 3 nitrogen and oxygen atoms in total. The van der Waals surface area contributed by atoms with Crippen molar-refractivity contribution in [3.05, 3.63) is 41.5 Å². The third-order valence-corrected chi connectivity index (χ3v) is 3.88. The molecule has 0 spiro atoms. The molecule has 120 valence electrons. The number of hydrogen-bond donors (Lipinski definition) is 2. The van der Waals surface area contributed by atoms with Crippen LogP contribution in [0.5, 0.6) is 5.75 Å². The van der Waals surface area contributed by atoms with Gasteiger partial charge in [0.2, 0.25) is 0 Å². The van der Waals surface area contributed by atoms with Gasteiger partial charge in [-0.3, -0.25) is 4.90 Å². The Hall–Kier alpha value is -0.740. The van der Waals surface area contributed by atoms with Crippen LogP contribution in [-0.2, 0) is 0 Å². The molecule has 0 amide bonds. The van der Waals surface area contributed by atoms with Gasteiger partial charge in [-0.15, -0.1) is 31.4 Å². The fourth-order valence-electron chi connectivity index (χ4n) is 2.83. The molecule has 1 aliphatic heterocycles. The molecule has 1 aliphatic rings. The van der Waals surface area contributed by atoms with Gasteiger partial charge in [0.05, 0.1) is 0 Å². The standard InChI is InChI=1S/C16H24N2O.2ClH/c1-4-5-15(18-8-6-17-7-9-18)14-10-12(2)16(19)13(3)11-14;;/h4,10-11,15,17,19H,1,5-9H2,2-3H3;2*1H/t15-;;/m1../s1. The Morgan fingerprint density at radius 2 is 1.76 bits per heavy atom. The summed E-state index contributed by atoms with van der Waals surface area (Å²) in [7, 11) is 0. The van der Waals surface area contributed by atoms with Gasteiger partial charge in [0.25, 0.3) is 0 Å². The average molecular weight is 333 g/mol. The van der Waals surface area contributed by atoms with Gasteiger partial charge < -0.3 is 10.4 Å². The molecule has 0 saturated carbocycles. The number of hydrogen-bond acceptors (Lipinski definition) is 3. The van der Waals surface area contributed by atoms with E-state index in [1.54, 1.807) is 0 Å². The summed E-state index contributed by atoms with van der Waals surface area (Å²) in [4.78, 5) is 2.50. The number of halogens is 2. The minimum atomic E-state index is 0. The summed E-state index contributed by atoms with van der Waals surface area (Å²) >= 11 is 0. The molecule has 0 aliphatic carbocycles. The smallest absolute Gasteiger partial charge is 0.121 e. The highest BCUT2D eigenvalue weighted by atomic mass is 35.5. The molecule has 0 aromatic heterocycles. The number of phenols is 1. The van der Waals surface area contributed by atoms with Crippen LogP contribution in [0, 0.1) is 13.8 Å². The Labute approximate surface area is 140 Å². The van der Waals surface area contributed by atoms with Gasteiger partial charge in [-0.05, 0) is 37.0 Å². The van der Waals surface area contributed by atoms with Gasteiger partial charge in [-0.2, -0.15) is 0 Å². The fourth-order valence-corrected chi connectivity index (χ4v) is 2.83. The van der Waals surface area contributed by atoms with Crippen molar-refractivity contribution in [2.45, 2.75) is 26.3 Å². The topological polar surface area (TPSA) is 35.5 Å². The van der Waals surface area contributed by atoms with Gasteiger partial charge in [0.15, 0.2) is 0 Å². The predicted molar refractivity (Wildman–Crippen MR) is 94.1 cm³/mol. The normalized spacial score (nSPS) is 16.5. The molecule has 1 fully saturated rings. The van der Waals surface area contributed by atoms with E-state index in [2.05, 4.69) is 28.9 Å². The summed E-state index contributed by atoms with van der Waals surface area (Å²) in [5.41, 5.74) is 3.20. The lowest BCUT2D eigenvalue weighted by atomic mass is 9.96. The second-order valence-electron chi connectivity index (χ2n) is 5.33. The molecule has 1 aromatic rings. The van der Waals surface area contributed by atoms with Gasteiger partial charge >= 0.3 is 0 Å². The number of rotatable bonds is 4. The molecule has 1 aromatic carbocycles. The summed E-state index contributed by atoms with van der Waals surface area (Å²) in [6.45, 7) is 12.0. The van der Waals surface area contributed by atoms with E-state index < -0.39 is 0 Å². The lowest BCUT2D eigenvalue weighted by molar-refractivity contribution is 0.174. The molecule has 2 N–H and O–H groups in total.